The number of hydrogen-bond donors (Lipinski definition) is 4. The zero-order valence-electron chi connectivity index (χ0n) is 13.2. The molecule has 4 N–H and O–H groups in total. The number of hydrogen-bond acceptors (Lipinski definition) is 6. The summed E-state index contributed by atoms with van der Waals surface area (Å²) in [7, 11) is -2.63. The summed E-state index contributed by atoms with van der Waals surface area (Å²) in [6.45, 7) is 0. The van der Waals surface area contributed by atoms with E-state index in [1.54, 1.807) is 6.20 Å². The SMILES string of the molecule is CNS(=O)(=O)CC1CC(C2=NNB(O)c3cnc4[nH]ccc4c32)C1. The molecule has 2 aromatic heterocycles. The molecule has 0 atom stereocenters. The molecule has 24 heavy (non-hydrogen) atoms. The van der Waals surface area contributed by atoms with E-state index in [1.807, 2.05) is 12.3 Å². The van der Waals surface area contributed by atoms with Crippen molar-refractivity contribution >= 4 is 39.3 Å². The number of rotatable bonds is 4. The first-order valence-electron chi connectivity index (χ1n) is 7.87. The lowest BCUT2D eigenvalue weighted by molar-refractivity contribution is 0.282. The molecule has 1 fully saturated rings. The summed E-state index contributed by atoms with van der Waals surface area (Å²) in [5.41, 5.74) is 3.25. The van der Waals surface area contributed by atoms with Crippen molar-refractivity contribution in [1.29, 1.82) is 0 Å². The maximum absolute atomic E-state index is 11.7. The van der Waals surface area contributed by atoms with Crippen molar-refractivity contribution in [3.8, 4) is 0 Å². The first-order valence-corrected chi connectivity index (χ1v) is 9.52. The highest BCUT2D eigenvalue weighted by molar-refractivity contribution is 7.89. The van der Waals surface area contributed by atoms with Crippen molar-refractivity contribution in [2.45, 2.75) is 12.8 Å². The van der Waals surface area contributed by atoms with Gasteiger partial charge in [-0.25, -0.2) is 18.1 Å². The van der Waals surface area contributed by atoms with Gasteiger partial charge in [-0.3, -0.25) is 0 Å². The van der Waals surface area contributed by atoms with Crippen LogP contribution in [-0.2, 0) is 10.0 Å². The molecule has 0 unspecified atom stereocenters. The Morgan fingerprint density at radius 3 is 3.00 bits per heavy atom. The predicted molar refractivity (Wildman–Crippen MR) is 92.4 cm³/mol. The van der Waals surface area contributed by atoms with Crippen molar-refractivity contribution in [2.75, 3.05) is 12.8 Å². The fraction of sp³-hybridized carbons (Fsp3) is 0.429. The summed E-state index contributed by atoms with van der Waals surface area (Å²) in [5, 5.41) is 18.2. The van der Waals surface area contributed by atoms with Crippen molar-refractivity contribution < 1.29 is 13.4 Å². The van der Waals surface area contributed by atoms with Gasteiger partial charge in [0.25, 0.3) is 0 Å². The van der Waals surface area contributed by atoms with Gasteiger partial charge < -0.3 is 15.3 Å². The molecule has 0 radical (unpaired) electrons. The zero-order valence-corrected chi connectivity index (χ0v) is 14.0. The van der Waals surface area contributed by atoms with Gasteiger partial charge in [0.05, 0.1) is 11.5 Å². The number of fused-ring (bicyclic) bond motifs is 3. The molecule has 1 saturated carbocycles. The summed E-state index contributed by atoms with van der Waals surface area (Å²) in [4.78, 5) is 7.39. The van der Waals surface area contributed by atoms with Crippen LogP contribution in [0.4, 0.5) is 0 Å². The van der Waals surface area contributed by atoms with E-state index in [0.29, 0.717) is 5.46 Å². The zero-order chi connectivity index (χ0) is 16.9. The lowest BCUT2D eigenvalue weighted by Gasteiger charge is -2.37. The molecule has 10 heteroatoms. The van der Waals surface area contributed by atoms with Crippen LogP contribution in [0.1, 0.15) is 18.4 Å². The van der Waals surface area contributed by atoms with Crippen molar-refractivity contribution in [1.82, 2.24) is 20.0 Å². The average molecular weight is 347 g/mol. The minimum atomic E-state index is -3.19. The monoisotopic (exact) mass is 347 g/mol. The second-order valence-electron chi connectivity index (χ2n) is 6.38. The van der Waals surface area contributed by atoms with E-state index < -0.39 is 17.1 Å². The van der Waals surface area contributed by atoms with E-state index in [4.69, 9.17) is 0 Å². The Hall–Kier alpha value is -1.91. The summed E-state index contributed by atoms with van der Waals surface area (Å²) >= 11 is 0. The molecular weight excluding hydrogens is 329 g/mol. The molecule has 0 bridgehead atoms. The van der Waals surface area contributed by atoms with Crippen molar-refractivity contribution in [3.63, 3.8) is 0 Å². The second kappa shape index (κ2) is 5.57. The van der Waals surface area contributed by atoms with Gasteiger partial charge in [-0.1, -0.05) is 0 Å². The number of aromatic amines is 1. The molecule has 126 valence electrons. The standard InChI is InChI=1S/C14H18BN5O3S/c1-16-24(22,23)7-8-4-9(5-8)13-12-10-2-3-17-14(10)18-6-11(12)15(21)20-19-13/h2-3,6,8-9,16,20-21H,4-5,7H2,1H3,(H,17,18). The number of hydrazone groups is 1. The van der Waals surface area contributed by atoms with E-state index in [1.165, 1.54) is 7.05 Å². The molecule has 1 aliphatic carbocycles. The molecule has 1 aliphatic heterocycles. The maximum Gasteiger partial charge on any atom is 0.465 e. The minimum Gasteiger partial charge on any atom is -0.428 e. The Morgan fingerprint density at radius 1 is 1.46 bits per heavy atom. The van der Waals surface area contributed by atoms with Gasteiger partial charge in [0.15, 0.2) is 0 Å². The van der Waals surface area contributed by atoms with Crippen LogP contribution in [0.15, 0.2) is 23.6 Å². The number of sulfonamides is 1. The smallest absolute Gasteiger partial charge is 0.428 e. The number of nitrogens with one attached hydrogen (secondary N) is 3. The fourth-order valence-corrected chi connectivity index (χ4v) is 4.62. The van der Waals surface area contributed by atoms with Crippen LogP contribution < -0.4 is 15.5 Å². The molecule has 0 aromatic carbocycles. The largest absolute Gasteiger partial charge is 0.465 e. The normalized spacial score (nSPS) is 23.4. The lowest BCUT2D eigenvalue weighted by atomic mass is 9.65. The highest BCUT2D eigenvalue weighted by Gasteiger charge is 2.39. The third-order valence-electron chi connectivity index (χ3n) is 4.86. The number of nitrogens with zero attached hydrogens (tertiary/aromatic N) is 2. The predicted octanol–water partition coefficient (Wildman–Crippen LogP) is -0.867. The Balaban J connectivity index is 1.62. The molecule has 3 heterocycles. The fourth-order valence-electron chi connectivity index (χ4n) is 3.56. The van der Waals surface area contributed by atoms with E-state index in [0.717, 1.165) is 35.2 Å². The Labute approximate surface area is 139 Å². The minimum absolute atomic E-state index is 0.133. The van der Waals surface area contributed by atoms with Gasteiger partial charge in [-0.15, -0.1) is 0 Å². The lowest BCUT2D eigenvalue weighted by Crippen LogP contribution is -2.51. The van der Waals surface area contributed by atoms with Crippen LogP contribution in [0, 0.1) is 11.8 Å². The average Bonchev–Trinajstić information content (AvgIpc) is 3.00. The van der Waals surface area contributed by atoms with Gasteiger partial charge in [-0.2, -0.15) is 5.10 Å². The van der Waals surface area contributed by atoms with Crippen LogP contribution in [0.3, 0.4) is 0 Å². The first-order chi connectivity index (χ1) is 11.5. The van der Waals surface area contributed by atoms with Crippen LogP contribution in [0.5, 0.6) is 0 Å². The molecule has 2 aliphatic rings. The summed E-state index contributed by atoms with van der Waals surface area (Å²) < 4.78 is 25.7. The van der Waals surface area contributed by atoms with E-state index in [9.17, 15) is 13.4 Å². The van der Waals surface area contributed by atoms with E-state index in [-0.39, 0.29) is 17.6 Å². The van der Waals surface area contributed by atoms with Crippen LogP contribution in [-0.4, -0.2) is 49.0 Å². The van der Waals surface area contributed by atoms with E-state index in [2.05, 4.69) is 25.1 Å². The quantitative estimate of drug-likeness (QED) is 0.536. The van der Waals surface area contributed by atoms with E-state index >= 15 is 0 Å². The number of aromatic nitrogens is 2. The molecule has 0 spiro atoms. The third-order valence-corrected chi connectivity index (χ3v) is 6.39. The Morgan fingerprint density at radius 2 is 2.25 bits per heavy atom. The first kappa shape index (κ1) is 15.6. The molecule has 0 amide bonds. The van der Waals surface area contributed by atoms with Crippen LogP contribution in [0.2, 0.25) is 0 Å². The topological polar surface area (TPSA) is 119 Å². The third kappa shape index (κ3) is 2.50. The maximum atomic E-state index is 11.7. The van der Waals surface area contributed by atoms with Gasteiger partial charge in [0.2, 0.25) is 10.0 Å². The highest BCUT2D eigenvalue weighted by atomic mass is 32.2. The second-order valence-corrected chi connectivity index (χ2v) is 8.35. The molecule has 0 saturated heterocycles. The Bertz CT molecular complexity index is 920. The van der Waals surface area contributed by atoms with Gasteiger partial charge in [0.1, 0.15) is 5.65 Å². The molecule has 4 rings (SSSR count). The van der Waals surface area contributed by atoms with Gasteiger partial charge in [0, 0.05) is 34.7 Å². The van der Waals surface area contributed by atoms with Crippen LogP contribution in [0.25, 0.3) is 11.0 Å². The van der Waals surface area contributed by atoms with Gasteiger partial charge in [-0.05, 0) is 31.9 Å². The Kier molecular flexibility index (Phi) is 3.63. The number of pyridine rings is 1. The van der Waals surface area contributed by atoms with Crippen molar-refractivity contribution in [2.24, 2.45) is 16.9 Å². The van der Waals surface area contributed by atoms with Gasteiger partial charge >= 0.3 is 7.05 Å². The summed E-state index contributed by atoms with van der Waals surface area (Å²) in [6, 6.07) is 1.93. The summed E-state index contributed by atoms with van der Waals surface area (Å²) in [6.07, 6.45) is 5.01. The molecule has 2 aromatic rings. The van der Waals surface area contributed by atoms with Crippen LogP contribution >= 0.6 is 0 Å². The summed E-state index contributed by atoms with van der Waals surface area (Å²) in [5.74, 6) is 0.460. The van der Waals surface area contributed by atoms with Crippen molar-refractivity contribution in [3.05, 3.63) is 24.0 Å². The molecule has 8 nitrogen and oxygen atoms in total. The molecular formula is C14H18BN5O3S. The number of H-pyrrole nitrogens is 1. The highest BCUT2D eigenvalue weighted by Crippen LogP contribution is 2.38.